The van der Waals surface area contributed by atoms with Crippen LogP contribution in [0.5, 0.6) is 11.5 Å². The number of nitrogens with zero attached hydrogens (tertiary/aromatic N) is 2. The van der Waals surface area contributed by atoms with Crippen LogP contribution in [0, 0.1) is 0 Å². The Morgan fingerprint density at radius 1 is 1.12 bits per heavy atom. The molecule has 0 atom stereocenters. The number of phenolic OH excluding ortho intramolecular Hbond substituents is 2. The van der Waals surface area contributed by atoms with E-state index in [2.05, 4.69) is 15.5 Å². The molecular weight excluding hydrogens is 306 g/mol. The summed E-state index contributed by atoms with van der Waals surface area (Å²) in [4.78, 5) is 15.6. The van der Waals surface area contributed by atoms with Crippen molar-refractivity contribution in [2.75, 3.05) is 0 Å². The zero-order valence-electron chi connectivity index (χ0n) is 13.2. The summed E-state index contributed by atoms with van der Waals surface area (Å²) in [7, 11) is 0. The highest BCUT2D eigenvalue weighted by atomic mass is 16.3. The Labute approximate surface area is 139 Å². The topological polar surface area (TPSA) is 94.3 Å². The van der Waals surface area contributed by atoms with Gasteiger partial charge in [0.15, 0.2) is 0 Å². The number of carbonyl (C=O) groups is 1. The number of aromatic hydroxyl groups is 2. The molecule has 122 valence electrons. The van der Waals surface area contributed by atoms with Crippen LogP contribution in [0.4, 0.5) is 5.69 Å². The first-order chi connectivity index (χ1) is 11.5. The van der Waals surface area contributed by atoms with Crippen LogP contribution in [-0.2, 0) is 4.79 Å². The fraction of sp³-hybridized carbons (Fsp3) is 0.167. The molecule has 3 N–H and O–H groups in total. The van der Waals surface area contributed by atoms with Gasteiger partial charge in [0.1, 0.15) is 11.5 Å². The van der Waals surface area contributed by atoms with Crippen LogP contribution < -0.4 is 5.43 Å². The second-order valence-electron chi connectivity index (χ2n) is 5.54. The molecule has 1 aliphatic heterocycles. The van der Waals surface area contributed by atoms with E-state index in [1.807, 2.05) is 24.3 Å². The number of phenols is 2. The van der Waals surface area contributed by atoms with Gasteiger partial charge < -0.3 is 10.2 Å². The first-order valence-electron chi connectivity index (χ1n) is 7.56. The maximum Gasteiger partial charge on any atom is 0.240 e. The predicted molar refractivity (Wildman–Crippen MR) is 92.0 cm³/mol. The molecule has 0 spiro atoms. The van der Waals surface area contributed by atoms with Crippen molar-refractivity contribution in [3.8, 4) is 11.5 Å². The van der Waals surface area contributed by atoms with Gasteiger partial charge >= 0.3 is 0 Å². The second kappa shape index (κ2) is 6.54. The van der Waals surface area contributed by atoms with Crippen LogP contribution in [-0.4, -0.2) is 27.5 Å². The van der Waals surface area contributed by atoms with Gasteiger partial charge in [0.05, 0.1) is 11.4 Å². The third-order valence-corrected chi connectivity index (χ3v) is 3.77. The summed E-state index contributed by atoms with van der Waals surface area (Å²) in [6, 6.07) is 11.9. The summed E-state index contributed by atoms with van der Waals surface area (Å²) < 4.78 is 0. The van der Waals surface area contributed by atoms with E-state index >= 15 is 0 Å². The van der Waals surface area contributed by atoms with Gasteiger partial charge in [-0.3, -0.25) is 9.79 Å². The van der Waals surface area contributed by atoms with E-state index in [4.69, 9.17) is 0 Å². The normalized spacial score (nSPS) is 15.0. The largest absolute Gasteiger partial charge is 0.508 e. The summed E-state index contributed by atoms with van der Waals surface area (Å²) >= 11 is 0. The number of amides is 1. The minimum Gasteiger partial charge on any atom is -0.508 e. The van der Waals surface area contributed by atoms with E-state index in [0.717, 1.165) is 17.0 Å². The number of carbonyl (C=O) groups excluding carboxylic acids is 1. The fourth-order valence-electron chi connectivity index (χ4n) is 2.49. The molecule has 0 saturated heterocycles. The molecule has 2 aromatic rings. The molecule has 0 fully saturated rings. The van der Waals surface area contributed by atoms with E-state index in [1.165, 1.54) is 12.1 Å². The quantitative estimate of drug-likeness (QED) is 0.758. The van der Waals surface area contributed by atoms with E-state index in [-0.39, 0.29) is 17.4 Å². The number of benzene rings is 2. The monoisotopic (exact) mass is 323 g/mol. The molecule has 6 heteroatoms. The van der Waals surface area contributed by atoms with Crippen LogP contribution in [0.2, 0.25) is 0 Å². The lowest BCUT2D eigenvalue weighted by molar-refractivity contribution is -0.121. The molecule has 24 heavy (non-hydrogen) atoms. The number of hydrazone groups is 1. The number of hydrogen-bond donors (Lipinski definition) is 3. The number of aliphatic imine (C=N–C) groups is 1. The molecule has 6 nitrogen and oxygen atoms in total. The Morgan fingerprint density at radius 2 is 1.88 bits per heavy atom. The zero-order valence-corrected chi connectivity index (χ0v) is 13.2. The lowest BCUT2D eigenvalue weighted by atomic mass is 10.0. The fourth-order valence-corrected chi connectivity index (χ4v) is 2.49. The van der Waals surface area contributed by atoms with Gasteiger partial charge in [0, 0.05) is 30.2 Å². The minimum atomic E-state index is -0.0655. The maximum atomic E-state index is 11.1. The molecule has 0 aliphatic carbocycles. The van der Waals surface area contributed by atoms with E-state index in [1.54, 1.807) is 13.0 Å². The Morgan fingerprint density at radius 3 is 2.50 bits per heavy atom. The molecule has 0 aromatic heterocycles. The molecule has 0 radical (unpaired) electrons. The highest BCUT2D eigenvalue weighted by Gasteiger charge is 2.13. The van der Waals surface area contributed by atoms with Crippen molar-refractivity contribution in [2.24, 2.45) is 10.1 Å². The van der Waals surface area contributed by atoms with Crippen LogP contribution in [0.3, 0.4) is 0 Å². The number of rotatable bonds is 3. The average Bonchev–Trinajstić information content (AvgIpc) is 2.56. The third-order valence-electron chi connectivity index (χ3n) is 3.77. The van der Waals surface area contributed by atoms with Crippen molar-refractivity contribution in [2.45, 2.75) is 19.8 Å². The molecular formula is C18H17N3O3. The summed E-state index contributed by atoms with van der Waals surface area (Å²) in [6.07, 6.45) is 1.06. The van der Waals surface area contributed by atoms with E-state index in [9.17, 15) is 15.0 Å². The average molecular weight is 323 g/mol. The first kappa shape index (κ1) is 15.7. The molecule has 1 amide bonds. The van der Waals surface area contributed by atoms with Crippen molar-refractivity contribution in [1.29, 1.82) is 0 Å². The second-order valence-corrected chi connectivity index (χ2v) is 5.54. The van der Waals surface area contributed by atoms with E-state index in [0.29, 0.717) is 24.1 Å². The van der Waals surface area contributed by atoms with Gasteiger partial charge in [-0.1, -0.05) is 12.1 Å². The Balaban J connectivity index is 1.81. The molecule has 2 aromatic carbocycles. The summed E-state index contributed by atoms with van der Waals surface area (Å²) in [5, 5.41) is 23.3. The summed E-state index contributed by atoms with van der Waals surface area (Å²) in [5.41, 5.74) is 6.22. The maximum absolute atomic E-state index is 11.1. The first-order valence-corrected chi connectivity index (χ1v) is 7.56. The SMILES string of the molecule is CC(=Nc1ccc(C2=NNC(=O)CC2)cc1)c1ccc(O)cc1O. The van der Waals surface area contributed by atoms with E-state index < -0.39 is 0 Å². The lowest BCUT2D eigenvalue weighted by Gasteiger charge is -2.12. The van der Waals surface area contributed by atoms with Gasteiger partial charge in [0.25, 0.3) is 0 Å². The Hall–Kier alpha value is -3.15. The Kier molecular flexibility index (Phi) is 4.29. The Bertz CT molecular complexity index is 839. The summed E-state index contributed by atoms with van der Waals surface area (Å²) in [5.74, 6) is -0.0711. The highest BCUT2D eigenvalue weighted by molar-refractivity contribution is 6.05. The van der Waals surface area contributed by atoms with Gasteiger partial charge in [-0.2, -0.15) is 5.10 Å². The number of nitrogens with one attached hydrogen (secondary N) is 1. The molecule has 0 unspecified atom stereocenters. The number of hydrogen-bond acceptors (Lipinski definition) is 5. The van der Waals surface area contributed by atoms with Crippen LogP contribution in [0.15, 0.2) is 52.6 Å². The standard InChI is InChI=1S/C18H17N3O3/c1-11(15-7-6-14(22)10-17(15)23)19-13-4-2-12(3-5-13)16-8-9-18(24)21-20-16/h2-7,10,22-23H,8-9H2,1H3,(H,21,24). The van der Waals surface area contributed by atoms with Crippen LogP contribution >= 0.6 is 0 Å². The zero-order chi connectivity index (χ0) is 17.1. The van der Waals surface area contributed by atoms with Crippen molar-refractivity contribution in [1.82, 2.24) is 5.43 Å². The van der Waals surface area contributed by atoms with Gasteiger partial charge in [0.2, 0.25) is 5.91 Å². The van der Waals surface area contributed by atoms with Crippen molar-refractivity contribution in [3.05, 3.63) is 53.6 Å². The molecule has 0 bridgehead atoms. The lowest BCUT2D eigenvalue weighted by Crippen LogP contribution is -2.25. The third kappa shape index (κ3) is 3.43. The highest BCUT2D eigenvalue weighted by Crippen LogP contribution is 2.25. The predicted octanol–water partition coefficient (Wildman–Crippen LogP) is 2.85. The van der Waals surface area contributed by atoms with Crippen molar-refractivity contribution < 1.29 is 15.0 Å². The van der Waals surface area contributed by atoms with Crippen molar-refractivity contribution in [3.63, 3.8) is 0 Å². The van der Waals surface area contributed by atoms with Crippen LogP contribution in [0.1, 0.15) is 30.9 Å². The van der Waals surface area contributed by atoms with Crippen molar-refractivity contribution >= 4 is 23.0 Å². The van der Waals surface area contributed by atoms with Gasteiger partial charge in [-0.25, -0.2) is 5.43 Å². The molecule has 0 saturated carbocycles. The van der Waals surface area contributed by atoms with Crippen LogP contribution in [0.25, 0.3) is 0 Å². The molecule has 3 rings (SSSR count). The smallest absolute Gasteiger partial charge is 0.240 e. The van der Waals surface area contributed by atoms with Gasteiger partial charge in [-0.05, 0) is 36.8 Å². The molecule has 1 heterocycles. The summed E-state index contributed by atoms with van der Waals surface area (Å²) in [6.45, 7) is 1.79. The minimum absolute atomic E-state index is 0.00810. The van der Waals surface area contributed by atoms with Gasteiger partial charge in [-0.15, -0.1) is 0 Å². The molecule has 1 aliphatic rings.